The molecule has 0 saturated heterocycles. The Labute approximate surface area is 116 Å². The molecule has 7 heteroatoms. The molecule has 0 spiro atoms. The molecule has 2 aromatic heterocycles. The topological polar surface area (TPSA) is 64.0 Å². The number of carbonyl (C=O) groups is 1. The fraction of sp³-hybridized carbons (Fsp3) is 0.182. The van der Waals surface area contributed by atoms with Crippen LogP contribution in [-0.4, -0.2) is 15.5 Å². The van der Waals surface area contributed by atoms with Gasteiger partial charge in [0.1, 0.15) is 4.88 Å². The normalized spacial score (nSPS) is 10.4. The second-order valence-corrected chi connectivity index (χ2v) is 5.42. The zero-order valence-corrected chi connectivity index (χ0v) is 12.1. The van der Waals surface area contributed by atoms with Crippen LogP contribution in [0.2, 0.25) is 0 Å². The first kappa shape index (κ1) is 13.0. The maximum atomic E-state index is 12.0. The van der Waals surface area contributed by atoms with Crippen molar-refractivity contribution in [3.05, 3.63) is 43.2 Å². The molecule has 2 rings (SSSR count). The third-order valence-electron chi connectivity index (χ3n) is 2.35. The molecule has 2 aromatic rings. The van der Waals surface area contributed by atoms with Crippen molar-refractivity contribution in [2.24, 2.45) is 7.05 Å². The molecule has 18 heavy (non-hydrogen) atoms. The van der Waals surface area contributed by atoms with Crippen molar-refractivity contribution >= 4 is 38.9 Å². The van der Waals surface area contributed by atoms with E-state index in [1.165, 1.54) is 15.9 Å². The number of aromatic nitrogens is 2. The molecule has 0 aromatic carbocycles. The monoisotopic (exact) mass is 327 g/mol. The van der Waals surface area contributed by atoms with E-state index < -0.39 is 0 Å². The van der Waals surface area contributed by atoms with Crippen LogP contribution in [0.3, 0.4) is 0 Å². The van der Waals surface area contributed by atoms with Crippen molar-refractivity contribution < 1.29 is 4.79 Å². The molecule has 94 valence electrons. The van der Waals surface area contributed by atoms with Crippen LogP contribution in [0, 0.1) is 6.92 Å². The van der Waals surface area contributed by atoms with Crippen LogP contribution >= 0.6 is 27.3 Å². The molecule has 0 aliphatic rings. The summed E-state index contributed by atoms with van der Waals surface area (Å²) in [5, 5.41) is 2.74. The van der Waals surface area contributed by atoms with Gasteiger partial charge in [-0.25, -0.2) is 4.98 Å². The lowest BCUT2D eigenvalue weighted by Crippen LogP contribution is -2.19. The molecule has 1 N–H and O–H groups in total. The van der Waals surface area contributed by atoms with Crippen molar-refractivity contribution in [2.45, 2.75) is 6.92 Å². The van der Waals surface area contributed by atoms with Gasteiger partial charge in [-0.1, -0.05) is 0 Å². The van der Waals surface area contributed by atoms with Crippen LogP contribution in [-0.2, 0) is 7.05 Å². The van der Waals surface area contributed by atoms with Gasteiger partial charge in [0.2, 0.25) is 0 Å². The summed E-state index contributed by atoms with van der Waals surface area (Å²) >= 11 is 4.44. The maximum Gasteiger partial charge on any atom is 0.267 e. The van der Waals surface area contributed by atoms with E-state index >= 15 is 0 Å². The summed E-state index contributed by atoms with van der Waals surface area (Å²) in [5.41, 5.74) is 2.73. The summed E-state index contributed by atoms with van der Waals surface area (Å²) < 4.78 is 1.81. The second kappa shape index (κ2) is 5.03. The Morgan fingerprint density at radius 3 is 2.83 bits per heavy atom. The fourth-order valence-corrected chi connectivity index (χ4v) is 2.67. The Balaban J connectivity index is 2.28. The summed E-state index contributed by atoms with van der Waals surface area (Å²) in [5.74, 6) is -0.222. The zero-order chi connectivity index (χ0) is 13.3. The summed E-state index contributed by atoms with van der Waals surface area (Å²) in [4.78, 5) is 28.0. The highest BCUT2D eigenvalue weighted by molar-refractivity contribution is 9.10. The number of nitrogens with one attached hydrogen (secondary N) is 1. The minimum absolute atomic E-state index is 0.151. The number of carbonyl (C=O) groups excluding carboxylic acids is 1. The number of amides is 1. The molecule has 2 heterocycles. The standard InChI is InChI=1S/C11H10BrN3O2S/c1-6-9(18-5-13-6)10(16)14-7-3-8(12)11(17)15(2)4-7/h3-5H,1-2H3,(H,14,16). The summed E-state index contributed by atoms with van der Waals surface area (Å²) in [6.45, 7) is 1.78. The van der Waals surface area contributed by atoms with Crippen LogP contribution in [0.15, 0.2) is 27.0 Å². The molecule has 0 aliphatic carbocycles. The van der Waals surface area contributed by atoms with E-state index in [1.807, 2.05) is 0 Å². The largest absolute Gasteiger partial charge is 0.320 e. The third-order valence-corrected chi connectivity index (χ3v) is 3.84. The van der Waals surface area contributed by atoms with Crippen molar-refractivity contribution in [3.63, 3.8) is 0 Å². The van der Waals surface area contributed by atoms with Gasteiger partial charge in [0, 0.05) is 13.2 Å². The van der Waals surface area contributed by atoms with Gasteiger partial charge in [0.25, 0.3) is 11.5 Å². The minimum atomic E-state index is -0.222. The van der Waals surface area contributed by atoms with E-state index in [9.17, 15) is 9.59 Å². The molecule has 5 nitrogen and oxygen atoms in total. The number of hydrogen-bond donors (Lipinski definition) is 1. The predicted molar refractivity (Wildman–Crippen MR) is 74.2 cm³/mol. The van der Waals surface area contributed by atoms with Gasteiger partial charge in [-0.15, -0.1) is 11.3 Å². The lowest BCUT2D eigenvalue weighted by Gasteiger charge is -2.06. The number of thiazole rings is 1. The summed E-state index contributed by atoms with van der Waals surface area (Å²) in [7, 11) is 1.63. The minimum Gasteiger partial charge on any atom is -0.320 e. The lowest BCUT2D eigenvalue weighted by molar-refractivity contribution is 0.102. The molecule has 0 bridgehead atoms. The molecule has 0 saturated carbocycles. The molecule has 1 amide bonds. The quantitative estimate of drug-likeness (QED) is 0.919. The number of rotatable bonds is 2. The van der Waals surface area contributed by atoms with Gasteiger partial charge in [-0.05, 0) is 28.9 Å². The van der Waals surface area contributed by atoms with E-state index in [1.54, 1.807) is 31.7 Å². The van der Waals surface area contributed by atoms with E-state index in [4.69, 9.17) is 0 Å². The highest BCUT2D eigenvalue weighted by Crippen LogP contribution is 2.16. The van der Waals surface area contributed by atoms with Crippen molar-refractivity contribution in [1.82, 2.24) is 9.55 Å². The molecule has 0 unspecified atom stereocenters. The van der Waals surface area contributed by atoms with E-state index in [2.05, 4.69) is 26.2 Å². The van der Waals surface area contributed by atoms with Gasteiger partial charge >= 0.3 is 0 Å². The Bertz CT molecular complexity index is 636. The SMILES string of the molecule is Cc1ncsc1C(=O)Nc1cc(Br)c(=O)n(C)c1. The number of halogens is 1. The Morgan fingerprint density at radius 1 is 1.56 bits per heavy atom. The highest BCUT2D eigenvalue weighted by atomic mass is 79.9. The molecule has 0 atom stereocenters. The van der Waals surface area contributed by atoms with Crippen LogP contribution in [0.5, 0.6) is 0 Å². The Kier molecular flexibility index (Phi) is 3.63. The van der Waals surface area contributed by atoms with E-state index in [-0.39, 0.29) is 11.5 Å². The predicted octanol–water partition coefficient (Wildman–Crippen LogP) is 2.17. The van der Waals surface area contributed by atoms with Crippen LogP contribution in [0.1, 0.15) is 15.4 Å². The molecule has 0 fully saturated rings. The summed E-state index contributed by atoms with van der Waals surface area (Å²) in [6, 6.07) is 1.58. The molecule has 0 radical (unpaired) electrons. The van der Waals surface area contributed by atoms with Gasteiger partial charge in [0.05, 0.1) is 21.4 Å². The number of pyridine rings is 1. The maximum absolute atomic E-state index is 12.0. The average molecular weight is 328 g/mol. The summed E-state index contributed by atoms with van der Waals surface area (Å²) in [6.07, 6.45) is 1.57. The first-order valence-corrected chi connectivity index (χ1v) is 6.74. The van der Waals surface area contributed by atoms with Gasteiger partial charge in [-0.3, -0.25) is 9.59 Å². The lowest BCUT2D eigenvalue weighted by atomic mass is 10.3. The van der Waals surface area contributed by atoms with Crippen LogP contribution in [0.25, 0.3) is 0 Å². The first-order chi connectivity index (χ1) is 8.49. The third kappa shape index (κ3) is 2.51. The van der Waals surface area contributed by atoms with Crippen molar-refractivity contribution in [2.75, 3.05) is 5.32 Å². The first-order valence-electron chi connectivity index (χ1n) is 5.06. The molecular weight excluding hydrogens is 318 g/mol. The van der Waals surface area contributed by atoms with Gasteiger partial charge in [-0.2, -0.15) is 0 Å². The zero-order valence-electron chi connectivity index (χ0n) is 9.73. The van der Waals surface area contributed by atoms with Gasteiger partial charge in [0.15, 0.2) is 0 Å². The number of hydrogen-bond acceptors (Lipinski definition) is 4. The fourth-order valence-electron chi connectivity index (χ4n) is 1.45. The average Bonchev–Trinajstić information content (AvgIpc) is 2.72. The highest BCUT2D eigenvalue weighted by Gasteiger charge is 2.12. The van der Waals surface area contributed by atoms with Crippen molar-refractivity contribution in [3.8, 4) is 0 Å². The number of nitrogens with zero attached hydrogens (tertiary/aromatic N) is 2. The van der Waals surface area contributed by atoms with E-state index in [0.717, 1.165) is 0 Å². The van der Waals surface area contributed by atoms with E-state index in [0.29, 0.717) is 20.7 Å². The smallest absolute Gasteiger partial charge is 0.267 e. The Hall–Kier alpha value is -1.47. The molecule has 0 aliphatic heterocycles. The molecular formula is C11H10BrN3O2S. The number of aryl methyl sites for hydroxylation is 2. The van der Waals surface area contributed by atoms with Crippen molar-refractivity contribution in [1.29, 1.82) is 0 Å². The van der Waals surface area contributed by atoms with Crippen LogP contribution in [0.4, 0.5) is 5.69 Å². The Morgan fingerprint density at radius 2 is 2.28 bits per heavy atom. The second-order valence-electron chi connectivity index (χ2n) is 3.71. The number of anilines is 1. The van der Waals surface area contributed by atoms with Gasteiger partial charge < -0.3 is 9.88 Å². The van der Waals surface area contributed by atoms with Crippen LogP contribution < -0.4 is 10.9 Å².